The topological polar surface area (TPSA) is 87.9 Å². The number of H-pyrrole nitrogens is 1. The third kappa shape index (κ3) is 3.38. The Balaban J connectivity index is 1.27. The van der Waals surface area contributed by atoms with Gasteiger partial charge in [-0.15, -0.1) is 0 Å². The molecule has 0 spiro atoms. The number of carbonyl (C=O) groups excluding carboxylic acids is 1. The fraction of sp³-hybridized carbons (Fsp3) is 0.500. The predicted molar refractivity (Wildman–Crippen MR) is 101 cm³/mol. The minimum Gasteiger partial charge on any atom is -0.360 e. The van der Waals surface area contributed by atoms with Gasteiger partial charge >= 0.3 is 0 Å². The molecule has 0 aromatic carbocycles. The van der Waals surface area contributed by atoms with Gasteiger partial charge in [0, 0.05) is 44.0 Å². The van der Waals surface area contributed by atoms with Crippen molar-refractivity contribution in [3.63, 3.8) is 0 Å². The molecule has 1 fully saturated rings. The van der Waals surface area contributed by atoms with Crippen LogP contribution in [0.1, 0.15) is 53.9 Å². The maximum atomic E-state index is 12.9. The average Bonchev–Trinajstić information content (AvgIpc) is 3.32. The highest BCUT2D eigenvalue weighted by Gasteiger charge is 2.44. The van der Waals surface area contributed by atoms with Crippen molar-refractivity contribution in [2.24, 2.45) is 5.92 Å². The number of anilines is 1. The first-order valence-corrected chi connectivity index (χ1v) is 9.92. The Morgan fingerprint density at radius 3 is 3.03 bits per heavy atom. The van der Waals surface area contributed by atoms with E-state index in [0.717, 1.165) is 28.2 Å². The summed E-state index contributed by atoms with van der Waals surface area (Å²) >= 11 is 0. The van der Waals surface area contributed by atoms with Crippen LogP contribution < -0.4 is 4.90 Å². The van der Waals surface area contributed by atoms with Crippen molar-refractivity contribution >= 4 is 22.6 Å². The van der Waals surface area contributed by atoms with E-state index >= 15 is 0 Å². The number of rotatable bonds is 6. The van der Waals surface area contributed by atoms with Crippen molar-refractivity contribution < 1.29 is 18.1 Å². The number of aromatic nitrogens is 4. The van der Waals surface area contributed by atoms with Gasteiger partial charge in [0.2, 0.25) is 5.92 Å². The number of nitrogens with zero attached hydrogens (tertiary/aromatic N) is 4. The zero-order valence-electron chi connectivity index (χ0n) is 15.8. The molecule has 1 saturated carbocycles. The fourth-order valence-corrected chi connectivity index (χ4v) is 4.38. The summed E-state index contributed by atoms with van der Waals surface area (Å²) in [6.07, 6.45) is 5.43. The molecule has 3 aromatic rings. The number of hydrogen-bond acceptors (Lipinski definition) is 6. The van der Waals surface area contributed by atoms with Gasteiger partial charge in [0.05, 0.1) is 11.9 Å². The maximum absolute atomic E-state index is 12.9. The maximum Gasteiger partial charge on any atom is 0.248 e. The first kappa shape index (κ1) is 18.2. The number of fused-ring (bicyclic) bond motifs is 2. The van der Waals surface area contributed by atoms with Crippen LogP contribution >= 0.6 is 0 Å². The fourth-order valence-electron chi connectivity index (χ4n) is 4.38. The van der Waals surface area contributed by atoms with Gasteiger partial charge < -0.3 is 14.4 Å². The molecule has 0 atom stereocenters. The second-order valence-electron chi connectivity index (χ2n) is 7.99. The first-order chi connectivity index (χ1) is 14.0. The summed E-state index contributed by atoms with van der Waals surface area (Å²) < 4.78 is 31.3. The number of ketones is 1. The number of nitrogens with one attached hydrogen (secondary N) is 1. The zero-order valence-corrected chi connectivity index (χ0v) is 15.8. The lowest BCUT2D eigenvalue weighted by Crippen LogP contribution is -2.35. The molecule has 0 saturated heterocycles. The van der Waals surface area contributed by atoms with Crippen molar-refractivity contribution in [2.75, 3.05) is 11.4 Å². The summed E-state index contributed by atoms with van der Waals surface area (Å²) in [5.74, 6) is -1.01. The van der Waals surface area contributed by atoms with Crippen LogP contribution in [0.15, 0.2) is 23.1 Å². The van der Waals surface area contributed by atoms with E-state index in [1.165, 1.54) is 6.33 Å². The minimum atomic E-state index is -2.50. The summed E-state index contributed by atoms with van der Waals surface area (Å²) in [7, 11) is 0. The van der Waals surface area contributed by atoms with Crippen molar-refractivity contribution in [3.8, 4) is 0 Å². The second-order valence-corrected chi connectivity index (χ2v) is 7.99. The highest BCUT2D eigenvalue weighted by molar-refractivity contribution is 5.96. The molecule has 29 heavy (non-hydrogen) atoms. The molecule has 0 bridgehead atoms. The third-order valence-electron chi connectivity index (χ3n) is 5.91. The molecule has 7 nitrogen and oxygen atoms in total. The van der Waals surface area contributed by atoms with E-state index in [1.807, 2.05) is 12.3 Å². The molecule has 4 heterocycles. The lowest BCUT2D eigenvalue weighted by Gasteiger charge is -2.34. The van der Waals surface area contributed by atoms with Crippen molar-refractivity contribution in [1.82, 2.24) is 20.1 Å². The zero-order chi connectivity index (χ0) is 20.0. The molecule has 0 radical (unpaired) electrons. The molecule has 0 unspecified atom stereocenters. The lowest BCUT2D eigenvalue weighted by molar-refractivity contribution is -0.112. The Hall–Kier alpha value is -2.84. The number of aromatic amines is 1. The van der Waals surface area contributed by atoms with Gasteiger partial charge in [-0.2, -0.15) is 0 Å². The van der Waals surface area contributed by atoms with Crippen molar-refractivity contribution in [1.29, 1.82) is 0 Å². The highest BCUT2D eigenvalue weighted by Crippen LogP contribution is 2.44. The number of halogens is 2. The average molecular weight is 401 g/mol. The molecule has 1 aliphatic heterocycles. The number of alkyl halides is 2. The summed E-state index contributed by atoms with van der Waals surface area (Å²) in [4.78, 5) is 26.5. The van der Waals surface area contributed by atoms with Crippen LogP contribution in [0, 0.1) is 5.92 Å². The van der Waals surface area contributed by atoms with E-state index in [4.69, 9.17) is 4.52 Å². The van der Waals surface area contributed by atoms with Crippen LogP contribution in [0.5, 0.6) is 0 Å². The molecule has 2 aliphatic rings. The standard InChI is InChI=1S/C20H21F2N5O2/c21-20(22)8-12(9-20)2-1-3-15(28)17-14-10-27(7-5-16(14)29-26-17)19-13-4-6-23-18(13)24-11-25-19/h4,6,11-12H,1-3,5,7-10H2,(H,23,24,25). The second kappa shape index (κ2) is 6.89. The van der Waals surface area contributed by atoms with Gasteiger partial charge in [0.1, 0.15) is 23.6 Å². The van der Waals surface area contributed by atoms with E-state index in [0.29, 0.717) is 44.5 Å². The van der Waals surface area contributed by atoms with Crippen LogP contribution in [0.4, 0.5) is 14.6 Å². The summed E-state index contributed by atoms with van der Waals surface area (Å²) in [6.45, 7) is 1.20. The molecule has 5 rings (SSSR count). The Morgan fingerprint density at radius 1 is 1.34 bits per heavy atom. The molecular formula is C20H21F2N5O2. The van der Waals surface area contributed by atoms with Crippen LogP contribution in [-0.4, -0.2) is 38.4 Å². The molecule has 9 heteroatoms. The third-order valence-corrected chi connectivity index (χ3v) is 5.91. The van der Waals surface area contributed by atoms with E-state index < -0.39 is 5.92 Å². The lowest BCUT2D eigenvalue weighted by atomic mass is 9.78. The van der Waals surface area contributed by atoms with Crippen molar-refractivity contribution in [3.05, 3.63) is 35.6 Å². The summed E-state index contributed by atoms with van der Waals surface area (Å²) in [5.41, 5.74) is 1.94. The van der Waals surface area contributed by atoms with Gasteiger partial charge in [0.15, 0.2) is 11.5 Å². The summed E-state index contributed by atoms with van der Waals surface area (Å²) in [5, 5.41) is 4.95. The molecule has 1 aliphatic carbocycles. The SMILES string of the molecule is O=C(CCCC1CC(F)(F)C1)c1noc2c1CN(c1ncnc3[nH]ccc13)CC2. The van der Waals surface area contributed by atoms with Crippen molar-refractivity contribution in [2.45, 2.75) is 51.0 Å². The normalized spacial score (nSPS) is 18.6. The van der Waals surface area contributed by atoms with Gasteiger partial charge in [-0.1, -0.05) is 5.16 Å². The molecule has 1 N–H and O–H groups in total. The van der Waals surface area contributed by atoms with E-state index in [2.05, 4.69) is 25.0 Å². The largest absolute Gasteiger partial charge is 0.360 e. The van der Waals surface area contributed by atoms with E-state index in [-0.39, 0.29) is 24.5 Å². The van der Waals surface area contributed by atoms with Gasteiger partial charge in [-0.25, -0.2) is 18.7 Å². The van der Waals surface area contributed by atoms with Gasteiger partial charge in [-0.05, 0) is 24.8 Å². The monoisotopic (exact) mass is 401 g/mol. The van der Waals surface area contributed by atoms with Gasteiger partial charge in [0.25, 0.3) is 0 Å². The Labute approximate surface area is 165 Å². The van der Waals surface area contributed by atoms with Crippen LogP contribution in [-0.2, 0) is 13.0 Å². The van der Waals surface area contributed by atoms with Crippen LogP contribution in [0.2, 0.25) is 0 Å². The van der Waals surface area contributed by atoms with Crippen LogP contribution in [0.3, 0.4) is 0 Å². The molecular weight excluding hydrogens is 380 g/mol. The highest BCUT2D eigenvalue weighted by atomic mass is 19.3. The first-order valence-electron chi connectivity index (χ1n) is 9.92. The Morgan fingerprint density at radius 2 is 2.21 bits per heavy atom. The molecule has 0 amide bonds. The molecule has 152 valence electrons. The Kier molecular flexibility index (Phi) is 4.33. The smallest absolute Gasteiger partial charge is 0.248 e. The number of hydrogen-bond donors (Lipinski definition) is 1. The van der Waals surface area contributed by atoms with Crippen LogP contribution in [0.25, 0.3) is 11.0 Å². The number of Topliss-reactive ketones (excluding diaryl/α,β-unsaturated/α-hetero) is 1. The predicted octanol–water partition coefficient (Wildman–Crippen LogP) is 3.91. The quantitative estimate of drug-likeness (QED) is 0.630. The number of carbonyl (C=O) groups is 1. The minimum absolute atomic E-state index is 0.0287. The Bertz CT molecular complexity index is 1050. The van der Waals surface area contributed by atoms with Gasteiger partial charge in [-0.3, -0.25) is 4.79 Å². The van der Waals surface area contributed by atoms with E-state index in [1.54, 1.807) is 0 Å². The molecule has 3 aromatic heterocycles. The van der Waals surface area contributed by atoms with E-state index in [9.17, 15) is 13.6 Å². The summed E-state index contributed by atoms with van der Waals surface area (Å²) in [6, 6.07) is 1.93.